The predicted octanol–water partition coefficient (Wildman–Crippen LogP) is 2.54. The molecule has 0 bridgehead atoms. The van der Waals surface area contributed by atoms with Crippen LogP contribution < -0.4 is 16.2 Å². The molecule has 2 fully saturated rings. The zero-order valence-electron chi connectivity index (χ0n) is 15.4. The Balaban J connectivity index is 1.46. The summed E-state index contributed by atoms with van der Waals surface area (Å²) < 4.78 is 0.818. The Morgan fingerprint density at radius 1 is 1.32 bits per heavy atom. The van der Waals surface area contributed by atoms with E-state index in [9.17, 15) is 4.79 Å². The monoisotopic (exact) mass is 440 g/mol. The van der Waals surface area contributed by atoms with Crippen LogP contribution in [0.15, 0.2) is 35.2 Å². The van der Waals surface area contributed by atoms with E-state index in [1.165, 1.54) is 11.8 Å². The number of aromatic nitrogens is 2. The Bertz CT molecular complexity index is 943. The number of hydrazine groups is 1. The van der Waals surface area contributed by atoms with E-state index < -0.39 is 0 Å². The van der Waals surface area contributed by atoms with Gasteiger partial charge in [-0.05, 0) is 77.4 Å². The van der Waals surface area contributed by atoms with E-state index in [4.69, 9.17) is 5.26 Å². The van der Waals surface area contributed by atoms with Crippen LogP contribution in [0.3, 0.4) is 0 Å². The van der Waals surface area contributed by atoms with E-state index in [1.807, 2.05) is 25.1 Å². The molecule has 1 aliphatic heterocycles. The molecule has 1 saturated carbocycles. The molecule has 1 saturated heterocycles. The Kier molecular flexibility index (Phi) is 5.40. The van der Waals surface area contributed by atoms with Gasteiger partial charge in [-0.25, -0.2) is 15.4 Å². The predicted molar refractivity (Wildman–Crippen MR) is 107 cm³/mol. The molecular weight excluding hydrogens is 420 g/mol. The zero-order valence-corrected chi connectivity index (χ0v) is 17.0. The molecule has 2 aromatic heterocycles. The van der Waals surface area contributed by atoms with Crippen molar-refractivity contribution < 1.29 is 4.79 Å². The van der Waals surface area contributed by atoms with Crippen LogP contribution in [0.4, 0.5) is 0 Å². The summed E-state index contributed by atoms with van der Waals surface area (Å²) >= 11 is 3.44. The number of carbonyl (C=O) groups excluding carboxylic acids is 1. The lowest BCUT2D eigenvalue weighted by atomic mass is 9.77. The molecule has 1 amide bonds. The van der Waals surface area contributed by atoms with Crippen molar-refractivity contribution in [1.29, 1.82) is 5.26 Å². The van der Waals surface area contributed by atoms with Crippen LogP contribution in [-0.2, 0) is 0 Å². The largest absolute Gasteiger partial charge is 0.348 e. The molecule has 2 aromatic rings. The summed E-state index contributed by atoms with van der Waals surface area (Å²) in [7, 11) is 0. The second kappa shape index (κ2) is 7.95. The molecule has 7 nitrogen and oxygen atoms in total. The van der Waals surface area contributed by atoms with Gasteiger partial charge in [-0.2, -0.15) is 5.26 Å². The van der Waals surface area contributed by atoms with Gasteiger partial charge in [-0.3, -0.25) is 10.2 Å². The van der Waals surface area contributed by atoms with Crippen LogP contribution in [0.1, 0.15) is 52.5 Å². The number of pyridine rings is 2. The first kappa shape index (κ1) is 19.0. The highest BCUT2D eigenvalue weighted by atomic mass is 79.9. The van der Waals surface area contributed by atoms with E-state index in [1.54, 1.807) is 12.3 Å². The molecule has 4 atom stereocenters. The number of carbonyl (C=O) groups is 1. The highest BCUT2D eigenvalue weighted by molar-refractivity contribution is 9.10. The quantitative estimate of drug-likeness (QED) is 0.633. The third-order valence-corrected chi connectivity index (χ3v) is 6.05. The maximum Gasteiger partial charge on any atom is 0.270 e. The molecule has 0 aromatic carbocycles. The molecular formula is C20H21BrN6O. The van der Waals surface area contributed by atoms with Crippen molar-refractivity contribution in [2.75, 3.05) is 0 Å². The van der Waals surface area contributed by atoms with Crippen molar-refractivity contribution >= 4 is 21.8 Å². The van der Waals surface area contributed by atoms with Gasteiger partial charge in [0.25, 0.3) is 5.91 Å². The number of amides is 1. The van der Waals surface area contributed by atoms with E-state index in [2.05, 4.69) is 42.1 Å². The lowest BCUT2D eigenvalue weighted by Gasteiger charge is -2.33. The number of hydrogen-bond donors (Lipinski definition) is 3. The standard InChI is InChI=1S/C20H21BrN6O/c1-11-6-12(9-22)10-24-18(11)20(28)25-14-2-3-16-15(8-14)19(27-26-16)13-4-5-23-17(21)7-13/h4-7,10,14-16,19,26-27H,2-3,8H2,1H3,(H,25,28). The molecule has 1 aliphatic carbocycles. The fourth-order valence-corrected chi connectivity index (χ4v) is 4.64. The van der Waals surface area contributed by atoms with Gasteiger partial charge in [-0.1, -0.05) is 0 Å². The summed E-state index contributed by atoms with van der Waals surface area (Å²) in [6, 6.07) is 8.47. The average Bonchev–Trinajstić information content (AvgIpc) is 3.11. The van der Waals surface area contributed by atoms with Gasteiger partial charge in [-0.15, -0.1) is 0 Å². The molecule has 4 unspecified atom stereocenters. The molecule has 3 heterocycles. The lowest BCUT2D eigenvalue weighted by molar-refractivity contribution is 0.0909. The fraction of sp³-hybridized carbons (Fsp3) is 0.400. The summed E-state index contributed by atoms with van der Waals surface area (Å²) in [5, 5.41) is 12.1. The highest BCUT2D eigenvalue weighted by Gasteiger charge is 2.41. The van der Waals surface area contributed by atoms with Crippen molar-refractivity contribution in [2.24, 2.45) is 5.92 Å². The molecule has 3 N–H and O–H groups in total. The van der Waals surface area contributed by atoms with Crippen molar-refractivity contribution in [3.63, 3.8) is 0 Å². The van der Waals surface area contributed by atoms with Gasteiger partial charge >= 0.3 is 0 Å². The topological polar surface area (TPSA) is 103 Å². The van der Waals surface area contributed by atoms with Gasteiger partial charge < -0.3 is 5.32 Å². The number of nitrogens with zero attached hydrogens (tertiary/aromatic N) is 3. The van der Waals surface area contributed by atoms with Crippen LogP contribution in [0.2, 0.25) is 0 Å². The van der Waals surface area contributed by atoms with Gasteiger partial charge in [0, 0.05) is 24.5 Å². The second-order valence-electron chi connectivity index (χ2n) is 7.43. The Hall–Kier alpha value is -2.34. The third kappa shape index (κ3) is 3.78. The summed E-state index contributed by atoms with van der Waals surface area (Å²) in [5.41, 5.74) is 9.57. The Morgan fingerprint density at radius 2 is 2.18 bits per heavy atom. The molecule has 2 aliphatic rings. The summed E-state index contributed by atoms with van der Waals surface area (Å²) in [6.45, 7) is 1.81. The Morgan fingerprint density at radius 3 is 2.93 bits per heavy atom. The zero-order chi connectivity index (χ0) is 19.7. The van der Waals surface area contributed by atoms with E-state index in [0.29, 0.717) is 28.8 Å². The minimum atomic E-state index is -0.174. The van der Waals surface area contributed by atoms with E-state index >= 15 is 0 Å². The Labute approximate surface area is 172 Å². The van der Waals surface area contributed by atoms with Gasteiger partial charge in [0.1, 0.15) is 16.4 Å². The van der Waals surface area contributed by atoms with E-state index in [0.717, 1.165) is 23.9 Å². The van der Waals surface area contributed by atoms with E-state index in [-0.39, 0.29) is 18.0 Å². The summed E-state index contributed by atoms with van der Waals surface area (Å²) in [6.07, 6.45) is 6.04. The van der Waals surface area contributed by atoms with Gasteiger partial charge in [0.05, 0.1) is 11.6 Å². The minimum Gasteiger partial charge on any atom is -0.348 e. The van der Waals surface area contributed by atoms with Crippen LogP contribution in [0, 0.1) is 24.2 Å². The normalized spacial score (nSPS) is 26.3. The second-order valence-corrected chi connectivity index (χ2v) is 8.25. The molecule has 28 heavy (non-hydrogen) atoms. The average molecular weight is 441 g/mol. The maximum atomic E-state index is 12.7. The summed E-state index contributed by atoms with van der Waals surface area (Å²) in [5.74, 6) is 0.205. The molecule has 0 radical (unpaired) electrons. The van der Waals surface area contributed by atoms with Crippen molar-refractivity contribution in [3.05, 3.63) is 57.6 Å². The number of halogens is 1. The smallest absolute Gasteiger partial charge is 0.270 e. The number of rotatable bonds is 3. The first-order chi connectivity index (χ1) is 13.5. The number of nitriles is 1. The van der Waals surface area contributed by atoms with Crippen LogP contribution in [0.25, 0.3) is 0 Å². The summed E-state index contributed by atoms with van der Waals surface area (Å²) in [4.78, 5) is 21.1. The minimum absolute atomic E-state index is 0.0973. The van der Waals surface area contributed by atoms with Crippen LogP contribution in [-0.4, -0.2) is 28.0 Å². The van der Waals surface area contributed by atoms with Crippen LogP contribution >= 0.6 is 15.9 Å². The number of aryl methyl sites for hydroxylation is 1. The maximum absolute atomic E-state index is 12.7. The molecule has 0 spiro atoms. The number of hydrogen-bond acceptors (Lipinski definition) is 6. The number of nitrogens with one attached hydrogen (secondary N) is 3. The first-order valence-electron chi connectivity index (χ1n) is 9.35. The SMILES string of the molecule is Cc1cc(C#N)cnc1C(=O)NC1CCC2NNC(c3ccnc(Br)c3)C2C1. The first-order valence-corrected chi connectivity index (χ1v) is 10.1. The molecule has 8 heteroatoms. The lowest BCUT2D eigenvalue weighted by Crippen LogP contribution is -2.44. The van der Waals surface area contributed by atoms with Gasteiger partial charge in [0.2, 0.25) is 0 Å². The third-order valence-electron chi connectivity index (χ3n) is 5.62. The fourth-order valence-electron chi connectivity index (χ4n) is 4.26. The molecule has 144 valence electrons. The van der Waals surface area contributed by atoms with Crippen LogP contribution in [0.5, 0.6) is 0 Å². The molecule has 4 rings (SSSR count). The van der Waals surface area contributed by atoms with Gasteiger partial charge in [0.15, 0.2) is 0 Å². The van der Waals surface area contributed by atoms with Crippen molar-refractivity contribution in [3.8, 4) is 6.07 Å². The van der Waals surface area contributed by atoms with Crippen molar-refractivity contribution in [2.45, 2.75) is 44.3 Å². The number of fused-ring (bicyclic) bond motifs is 1. The highest BCUT2D eigenvalue weighted by Crippen LogP contribution is 2.38. The van der Waals surface area contributed by atoms with Crippen molar-refractivity contribution in [1.82, 2.24) is 26.1 Å².